The molecule has 1 N–H and O–H groups in total. The van der Waals surface area contributed by atoms with Gasteiger partial charge in [-0.25, -0.2) is 4.79 Å². The number of amides is 1. The second kappa shape index (κ2) is 6.16. The van der Waals surface area contributed by atoms with Gasteiger partial charge >= 0.3 is 5.97 Å². The Morgan fingerprint density at radius 2 is 2.10 bits per heavy atom. The second-order valence-electron chi connectivity index (χ2n) is 5.54. The van der Waals surface area contributed by atoms with E-state index in [1.54, 1.807) is 20.8 Å². The molecule has 0 saturated heterocycles. The highest BCUT2D eigenvalue weighted by Crippen LogP contribution is 2.24. The van der Waals surface area contributed by atoms with Gasteiger partial charge in [0.1, 0.15) is 5.75 Å². The van der Waals surface area contributed by atoms with Crippen LogP contribution in [-0.2, 0) is 27.2 Å². The average molecular weight is 291 g/mol. The molecule has 0 fully saturated rings. The van der Waals surface area contributed by atoms with E-state index in [2.05, 4.69) is 5.32 Å². The molecule has 1 aliphatic heterocycles. The van der Waals surface area contributed by atoms with Gasteiger partial charge in [-0.1, -0.05) is 6.07 Å². The summed E-state index contributed by atoms with van der Waals surface area (Å²) in [6.45, 7) is 6.07. The zero-order valence-corrected chi connectivity index (χ0v) is 12.7. The summed E-state index contributed by atoms with van der Waals surface area (Å²) >= 11 is 0. The number of rotatable bonds is 4. The second-order valence-corrected chi connectivity index (χ2v) is 5.54. The zero-order chi connectivity index (χ0) is 15.5. The molecule has 0 unspecified atom stereocenters. The minimum atomic E-state index is -1.06. The van der Waals surface area contributed by atoms with Gasteiger partial charge in [-0.3, -0.25) is 4.79 Å². The van der Waals surface area contributed by atoms with Gasteiger partial charge in [-0.2, -0.15) is 0 Å². The molecule has 0 bridgehead atoms. The number of carbonyl (C=O) groups excluding carboxylic acids is 2. The van der Waals surface area contributed by atoms with Crippen molar-refractivity contribution >= 4 is 11.9 Å². The fraction of sp³-hybridized carbons (Fsp3) is 0.500. The van der Waals surface area contributed by atoms with Crippen LogP contribution in [0.1, 0.15) is 31.9 Å². The lowest BCUT2D eigenvalue weighted by molar-refractivity contribution is -0.158. The molecule has 1 amide bonds. The lowest BCUT2D eigenvalue weighted by Gasteiger charge is -2.24. The monoisotopic (exact) mass is 291 g/mol. The maximum absolute atomic E-state index is 11.9. The lowest BCUT2D eigenvalue weighted by Crippen LogP contribution is -2.39. The topological polar surface area (TPSA) is 64.6 Å². The summed E-state index contributed by atoms with van der Waals surface area (Å²) in [7, 11) is 0. The van der Waals surface area contributed by atoms with Crippen LogP contribution in [0.15, 0.2) is 18.2 Å². The molecule has 5 nitrogen and oxygen atoms in total. The van der Waals surface area contributed by atoms with Gasteiger partial charge in [0.2, 0.25) is 5.91 Å². The Bertz CT molecular complexity index is 551. The molecule has 21 heavy (non-hydrogen) atoms. The van der Waals surface area contributed by atoms with E-state index in [9.17, 15) is 9.59 Å². The van der Waals surface area contributed by atoms with Crippen LogP contribution < -0.4 is 10.1 Å². The first kappa shape index (κ1) is 15.4. The molecular formula is C16H21NO4. The number of ether oxygens (including phenoxy) is 2. The van der Waals surface area contributed by atoms with Crippen molar-refractivity contribution in [2.75, 3.05) is 13.2 Å². The zero-order valence-electron chi connectivity index (χ0n) is 12.7. The van der Waals surface area contributed by atoms with Crippen LogP contribution in [0.3, 0.4) is 0 Å². The number of esters is 1. The van der Waals surface area contributed by atoms with Crippen molar-refractivity contribution < 1.29 is 19.1 Å². The highest BCUT2D eigenvalue weighted by atomic mass is 16.6. The highest BCUT2D eigenvalue weighted by Gasteiger charge is 2.31. The van der Waals surface area contributed by atoms with Gasteiger partial charge in [-0.05, 0) is 50.5 Å². The van der Waals surface area contributed by atoms with E-state index in [4.69, 9.17) is 9.47 Å². The van der Waals surface area contributed by atoms with Crippen molar-refractivity contribution in [2.24, 2.45) is 0 Å². The fourth-order valence-electron chi connectivity index (χ4n) is 2.29. The number of nitrogens with one attached hydrogen (secondary N) is 1. The van der Waals surface area contributed by atoms with Crippen LogP contribution >= 0.6 is 0 Å². The van der Waals surface area contributed by atoms with Gasteiger partial charge in [0, 0.05) is 6.54 Å². The first-order chi connectivity index (χ1) is 9.92. The van der Waals surface area contributed by atoms with Crippen LogP contribution in [0.4, 0.5) is 0 Å². The Kier molecular flexibility index (Phi) is 4.50. The molecule has 0 radical (unpaired) electrons. The first-order valence-electron chi connectivity index (χ1n) is 7.17. The SMILES string of the molecule is CCOC(=O)C(C)(C)Oc1ccc2c(c1)CC(=O)NCC2. The Hall–Kier alpha value is -2.04. The molecule has 0 saturated carbocycles. The molecule has 5 heteroatoms. The Morgan fingerprint density at radius 3 is 2.81 bits per heavy atom. The summed E-state index contributed by atoms with van der Waals surface area (Å²) in [5.74, 6) is 0.176. The van der Waals surface area contributed by atoms with Crippen molar-refractivity contribution in [3.8, 4) is 5.75 Å². The maximum atomic E-state index is 11.9. The van der Waals surface area contributed by atoms with E-state index in [0.717, 1.165) is 17.5 Å². The van der Waals surface area contributed by atoms with Gasteiger partial charge in [0.15, 0.2) is 5.60 Å². The number of hydrogen-bond acceptors (Lipinski definition) is 4. The molecule has 0 atom stereocenters. The van der Waals surface area contributed by atoms with Gasteiger partial charge in [0.05, 0.1) is 13.0 Å². The highest BCUT2D eigenvalue weighted by molar-refractivity contribution is 5.80. The van der Waals surface area contributed by atoms with Crippen molar-refractivity contribution in [2.45, 2.75) is 39.2 Å². The molecule has 0 aromatic heterocycles. The van der Waals surface area contributed by atoms with Crippen LogP contribution in [0, 0.1) is 0 Å². The van der Waals surface area contributed by atoms with E-state index in [0.29, 0.717) is 25.3 Å². The number of carbonyl (C=O) groups is 2. The minimum Gasteiger partial charge on any atom is -0.476 e. The first-order valence-corrected chi connectivity index (χ1v) is 7.17. The van der Waals surface area contributed by atoms with Crippen LogP contribution in [0.5, 0.6) is 5.75 Å². The number of fused-ring (bicyclic) bond motifs is 1. The third-order valence-corrected chi connectivity index (χ3v) is 3.39. The van der Waals surface area contributed by atoms with E-state index in [1.165, 1.54) is 0 Å². The molecule has 0 spiro atoms. The van der Waals surface area contributed by atoms with Gasteiger partial charge in [-0.15, -0.1) is 0 Å². The third kappa shape index (κ3) is 3.74. The van der Waals surface area contributed by atoms with E-state index >= 15 is 0 Å². The molecule has 1 aliphatic rings. The molecule has 0 aliphatic carbocycles. The van der Waals surface area contributed by atoms with E-state index in [-0.39, 0.29) is 5.91 Å². The largest absolute Gasteiger partial charge is 0.476 e. The van der Waals surface area contributed by atoms with Crippen molar-refractivity contribution in [1.82, 2.24) is 5.32 Å². The van der Waals surface area contributed by atoms with Gasteiger partial charge < -0.3 is 14.8 Å². The van der Waals surface area contributed by atoms with Crippen molar-refractivity contribution in [3.05, 3.63) is 29.3 Å². The molecule has 2 rings (SSSR count). The summed E-state index contributed by atoms with van der Waals surface area (Å²) in [5, 5.41) is 2.84. The lowest BCUT2D eigenvalue weighted by atomic mass is 10.0. The normalized spacial score (nSPS) is 14.7. The molecular weight excluding hydrogens is 270 g/mol. The smallest absolute Gasteiger partial charge is 0.349 e. The fourth-order valence-corrected chi connectivity index (χ4v) is 2.29. The molecule has 1 aromatic carbocycles. The molecule has 1 heterocycles. The molecule has 1 aromatic rings. The van der Waals surface area contributed by atoms with E-state index < -0.39 is 11.6 Å². The predicted octanol–water partition coefficient (Wildman–Crippen LogP) is 1.62. The van der Waals surface area contributed by atoms with Crippen LogP contribution in [0.2, 0.25) is 0 Å². The Labute approximate surface area is 124 Å². The van der Waals surface area contributed by atoms with E-state index in [1.807, 2.05) is 18.2 Å². The van der Waals surface area contributed by atoms with Crippen molar-refractivity contribution in [3.63, 3.8) is 0 Å². The average Bonchev–Trinajstić information content (AvgIpc) is 2.58. The Morgan fingerprint density at radius 1 is 1.33 bits per heavy atom. The summed E-state index contributed by atoms with van der Waals surface area (Å²) in [4.78, 5) is 23.5. The van der Waals surface area contributed by atoms with Gasteiger partial charge in [0.25, 0.3) is 0 Å². The minimum absolute atomic E-state index is 0.00977. The number of hydrogen-bond donors (Lipinski definition) is 1. The number of benzene rings is 1. The standard InChI is InChI=1S/C16H21NO4/c1-4-20-15(19)16(2,3)21-13-6-5-11-7-8-17-14(18)10-12(11)9-13/h5-6,9H,4,7-8,10H2,1-3H3,(H,17,18). The quantitative estimate of drug-likeness (QED) is 0.856. The summed E-state index contributed by atoms with van der Waals surface area (Å²) < 4.78 is 10.8. The third-order valence-electron chi connectivity index (χ3n) is 3.39. The predicted molar refractivity (Wildman–Crippen MR) is 78.2 cm³/mol. The maximum Gasteiger partial charge on any atom is 0.349 e. The van der Waals surface area contributed by atoms with Crippen LogP contribution in [0.25, 0.3) is 0 Å². The van der Waals surface area contributed by atoms with Crippen LogP contribution in [-0.4, -0.2) is 30.6 Å². The summed E-state index contributed by atoms with van der Waals surface area (Å²) in [6.07, 6.45) is 1.15. The summed E-state index contributed by atoms with van der Waals surface area (Å²) in [5.41, 5.74) is 1.02. The molecule has 114 valence electrons. The van der Waals surface area contributed by atoms with Crippen molar-refractivity contribution in [1.29, 1.82) is 0 Å². The summed E-state index contributed by atoms with van der Waals surface area (Å²) in [6, 6.07) is 5.61. The Balaban J connectivity index is 2.18.